The van der Waals surface area contributed by atoms with Gasteiger partial charge in [0.05, 0.1) is 0 Å². The molecule has 0 saturated heterocycles. The van der Waals surface area contributed by atoms with E-state index < -0.39 is 0 Å². The summed E-state index contributed by atoms with van der Waals surface area (Å²) >= 11 is 0. The van der Waals surface area contributed by atoms with Gasteiger partial charge in [0.1, 0.15) is 6.29 Å². The lowest BCUT2D eigenvalue weighted by Crippen LogP contribution is -2.32. The molecule has 0 aliphatic rings. The molecule has 0 aliphatic heterocycles. The Balaban J connectivity index is 2.54. The van der Waals surface area contributed by atoms with Crippen LogP contribution < -0.4 is 5.32 Å². The summed E-state index contributed by atoms with van der Waals surface area (Å²) in [7, 11) is 0. The SMILES string of the molecule is CCCCCC(Cc1ccccc1)C(=O)NCCC=O. The second kappa shape index (κ2) is 10.2. The van der Waals surface area contributed by atoms with E-state index in [2.05, 4.69) is 24.4 Å². The highest BCUT2D eigenvalue weighted by atomic mass is 16.2. The first kappa shape index (κ1) is 16.4. The minimum atomic E-state index is 0.00982. The fraction of sp³-hybridized carbons (Fsp3) is 0.529. The van der Waals surface area contributed by atoms with Crippen LogP contribution in [0.1, 0.15) is 44.6 Å². The van der Waals surface area contributed by atoms with E-state index in [4.69, 9.17) is 0 Å². The molecule has 0 fully saturated rings. The smallest absolute Gasteiger partial charge is 0.223 e. The molecule has 0 aromatic heterocycles. The first-order valence-corrected chi connectivity index (χ1v) is 7.53. The molecule has 1 rings (SSSR count). The van der Waals surface area contributed by atoms with Crippen molar-refractivity contribution in [2.45, 2.75) is 45.4 Å². The molecular weight excluding hydrogens is 250 g/mol. The molecule has 0 heterocycles. The van der Waals surface area contributed by atoms with E-state index in [0.717, 1.165) is 38.4 Å². The van der Waals surface area contributed by atoms with E-state index in [1.807, 2.05) is 18.2 Å². The van der Waals surface area contributed by atoms with Gasteiger partial charge in [0.25, 0.3) is 0 Å². The van der Waals surface area contributed by atoms with Crippen molar-refractivity contribution < 1.29 is 9.59 Å². The third kappa shape index (κ3) is 6.50. The Morgan fingerprint density at radius 1 is 1.25 bits per heavy atom. The molecule has 1 N–H and O–H groups in total. The van der Waals surface area contributed by atoms with Crippen LogP contribution in [0.25, 0.3) is 0 Å². The predicted molar refractivity (Wildman–Crippen MR) is 81.5 cm³/mol. The number of unbranched alkanes of at least 4 members (excludes halogenated alkanes) is 2. The van der Waals surface area contributed by atoms with Gasteiger partial charge in [-0.1, -0.05) is 56.5 Å². The van der Waals surface area contributed by atoms with Gasteiger partial charge >= 0.3 is 0 Å². The van der Waals surface area contributed by atoms with Crippen molar-refractivity contribution in [2.75, 3.05) is 6.54 Å². The third-order valence-corrected chi connectivity index (χ3v) is 3.41. The maximum atomic E-state index is 12.2. The summed E-state index contributed by atoms with van der Waals surface area (Å²) in [5.41, 5.74) is 1.19. The van der Waals surface area contributed by atoms with Crippen LogP contribution in [0.5, 0.6) is 0 Å². The standard InChI is InChI=1S/C17H25NO2/c1-2-3-5-11-16(17(20)18-12-8-13-19)14-15-9-6-4-7-10-15/h4,6-7,9-10,13,16H,2-3,5,8,11-12,14H2,1H3,(H,18,20). The molecule has 20 heavy (non-hydrogen) atoms. The van der Waals surface area contributed by atoms with Crippen LogP contribution in [0.2, 0.25) is 0 Å². The predicted octanol–water partition coefficient (Wildman–Crippen LogP) is 3.13. The second-order valence-corrected chi connectivity index (χ2v) is 5.13. The summed E-state index contributed by atoms with van der Waals surface area (Å²) in [4.78, 5) is 22.5. The van der Waals surface area contributed by atoms with E-state index in [-0.39, 0.29) is 11.8 Å². The molecule has 0 bridgehead atoms. The minimum absolute atomic E-state index is 0.00982. The first-order valence-electron chi connectivity index (χ1n) is 7.53. The molecule has 1 unspecified atom stereocenters. The van der Waals surface area contributed by atoms with Crippen molar-refractivity contribution in [3.8, 4) is 0 Å². The lowest BCUT2D eigenvalue weighted by atomic mass is 9.93. The van der Waals surface area contributed by atoms with Gasteiger partial charge in [-0.05, 0) is 18.4 Å². The van der Waals surface area contributed by atoms with E-state index in [9.17, 15) is 9.59 Å². The normalized spacial score (nSPS) is 11.8. The van der Waals surface area contributed by atoms with Gasteiger partial charge in [0.2, 0.25) is 5.91 Å². The van der Waals surface area contributed by atoms with E-state index >= 15 is 0 Å². The molecular formula is C17H25NO2. The highest BCUT2D eigenvalue weighted by Crippen LogP contribution is 2.16. The van der Waals surface area contributed by atoms with E-state index in [1.165, 1.54) is 5.56 Å². The number of hydrogen-bond acceptors (Lipinski definition) is 2. The average molecular weight is 275 g/mol. The van der Waals surface area contributed by atoms with Crippen LogP contribution in [0, 0.1) is 5.92 Å². The van der Waals surface area contributed by atoms with Crippen molar-refractivity contribution in [3.05, 3.63) is 35.9 Å². The summed E-state index contributed by atoms with van der Waals surface area (Å²) < 4.78 is 0. The summed E-state index contributed by atoms with van der Waals surface area (Å²) in [6.45, 7) is 2.61. The zero-order valence-corrected chi connectivity index (χ0v) is 12.3. The van der Waals surface area contributed by atoms with Gasteiger partial charge < -0.3 is 10.1 Å². The minimum Gasteiger partial charge on any atom is -0.355 e. The molecule has 1 atom stereocenters. The fourth-order valence-corrected chi connectivity index (χ4v) is 2.26. The van der Waals surface area contributed by atoms with E-state index in [0.29, 0.717) is 13.0 Å². The number of rotatable bonds is 10. The highest BCUT2D eigenvalue weighted by molar-refractivity contribution is 5.79. The molecule has 1 amide bonds. The third-order valence-electron chi connectivity index (χ3n) is 3.41. The van der Waals surface area contributed by atoms with Gasteiger partial charge in [0.15, 0.2) is 0 Å². The number of carbonyl (C=O) groups excluding carboxylic acids is 2. The Kier molecular flexibility index (Phi) is 8.36. The van der Waals surface area contributed by atoms with Crippen molar-refractivity contribution in [2.24, 2.45) is 5.92 Å². The molecule has 3 heteroatoms. The molecule has 1 aromatic rings. The second-order valence-electron chi connectivity index (χ2n) is 5.13. The average Bonchev–Trinajstić information content (AvgIpc) is 2.47. The van der Waals surface area contributed by atoms with Crippen LogP contribution in [0.4, 0.5) is 0 Å². The quantitative estimate of drug-likeness (QED) is 0.527. The lowest BCUT2D eigenvalue weighted by Gasteiger charge is -2.16. The topological polar surface area (TPSA) is 46.2 Å². The van der Waals surface area contributed by atoms with Gasteiger partial charge in [-0.25, -0.2) is 0 Å². The summed E-state index contributed by atoms with van der Waals surface area (Å²) in [5.74, 6) is 0.0856. The van der Waals surface area contributed by atoms with Crippen molar-refractivity contribution in [1.29, 1.82) is 0 Å². The summed E-state index contributed by atoms with van der Waals surface area (Å²) in [6.07, 6.45) is 6.31. The summed E-state index contributed by atoms with van der Waals surface area (Å²) in [6, 6.07) is 10.1. The summed E-state index contributed by atoms with van der Waals surface area (Å²) in [5, 5.41) is 2.86. The van der Waals surface area contributed by atoms with Gasteiger partial charge in [-0.15, -0.1) is 0 Å². The Morgan fingerprint density at radius 2 is 2.00 bits per heavy atom. The zero-order valence-electron chi connectivity index (χ0n) is 12.3. The Hall–Kier alpha value is -1.64. The fourth-order valence-electron chi connectivity index (χ4n) is 2.26. The largest absolute Gasteiger partial charge is 0.355 e. The molecule has 1 aromatic carbocycles. The number of amides is 1. The van der Waals surface area contributed by atoms with E-state index in [1.54, 1.807) is 0 Å². The van der Waals surface area contributed by atoms with Gasteiger partial charge in [-0.2, -0.15) is 0 Å². The van der Waals surface area contributed by atoms with Gasteiger partial charge in [-0.3, -0.25) is 4.79 Å². The van der Waals surface area contributed by atoms with Gasteiger partial charge in [0, 0.05) is 18.9 Å². The number of benzene rings is 1. The maximum absolute atomic E-state index is 12.2. The molecule has 3 nitrogen and oxygen atoms in total. The lowest BCUT2D eigenvalue weighted by molar-refractivity contribution is -0.125. The van der Waals surface area contributed by atoms with Crippen LogP contribution >= 0.6 is 0 Å². The molecule has 0 aliphatic carbocycles. The zero-order chi connectivity index (χ0) is 14.6. The van der Waals surface area contributed by atoms with Crippen LogP contribution in [-0.2, 0) is 16.0 Å². The first-order chi connectivity index (χ1) is 9.77. The van der Waals surface area contributed by atoms with Crippen molar-refractivity contribution >= 4 is 12.2 Å². The van der Waals surface area contributed by atoms with Crippen LogP contribution in [0.3, 0.4) is 0 Å². The number of carbonyl (C=O) groups is 2. The Labute approximate surface area is 121 Å². The number of aldehydes is 1. The van der Waals surface area contributed by atoms with Crippen LogP contribution in [-0.4, -0.2) is 18.7 Å². The molecule has 0 radical (unpaired) electrons. The molecule has 110 valence electrons. The molecule has 0 spiro atoms. The number of hydrogen-bond donors (Lipinski definition) is 1. The van der Waals surface area contributed by atoms with Crippen LogP contribution in [0.15, 0.2) is 30.3 Å². The number of nitrogens with one attached hydrogen (secondary N) is 1. The van der Waals surface area contributed by atoms with Crippen molar-refractivity contribution in [1.82, 2.24) is 5.32 Å². The van der Waals surface area contributed by atoms with Crippen molar-refractivity contribution in [3.63, 3.8) is 0 Å². The molecule has 0 saturated carbocycles. The highest BCUT2D eigenvalue weighted by Gasteiger charge is 2.18. The Morgan fingerprint density at radius 3 is 2.65 bits per heavy atom. The monoisotopic (exact) mass is 275 g/mol. The Bertz CT molecular complexity index is 389. The maximum Gasteiger partial charge on any atom is 0.223 e.